The van der Waals surface area contributed by atoms with Gasteiger partial charge in [-0.05, 0) is 12.0 Å². The van der Waals surface area contributed by atoms with Crippen LogP contribution in [-0.4, -0.2) is 20.9 Å². The van der Waals surface area contributed by atoms with Crippen LogP contribution >= 0.6 is 0 Å². The maximum Gasteiger partial charge on any atom is 0.303 e. The van der Waals surface area contributed by atoms with Crippen LogP contribution in [0.4, 0.5) is 11.4 Å². The number of rotatable bonds is 5. The second-order valence-electron chi connectivity index (χ2n) is 3.27. The van der Waals surface area contributed by atoms with E-state index in [4.69, 9.17) is 5.11 Å². The molecule has 0 saturated carbocycles. The number of non-ortho nitro benzene ring substituents is 2. The number of benzene rings is 1. The molecule has 0 atom stereocenters. The summed E-state index contributed by atoms with van der Waals surface area (Å²) in [5, 5.41) is 29.5. The summed E-state index contributed by atoms with van der Waals surface area (Å²) in [6, 6.07) is 3.11. The minimum atomic E-state index is -1.07. The molecule has 0 aromatic heterocycles. The second-order valence-corrected chi connectivity index (χ2v) is 3.27. The van der Waals surface area contributed by atoms with Crippen LogP contribution in [0.3, 0.4) is 0 Å². The molecular weight excluding hydrogens is 232 g/mol. The van der Waals surface area contributed by atoms with Crippen LogP contribution in [0.1, 0.15) is 12.0 Å². The summed E-state index contributed by atoms with van der Waals surface area (Å²) in [7, 11) is 0. The Morgan fingerprint density at radius 1 is 1.12 bits per heavy atom. The molecule has 1 rings (SSSR count). The molecule has 90 valence electrons. The van der Waals surface area contributed by atoms with Crippen molar-refractivity contribution in [3.05, 3.63) is 44.0 Å². The lowest BCUT2D eigenvalue weighted by Gasteiger charge is -1.99. The molecule has 0 amide bonds. The Morgan fingerprint density at radius 3 is 1.94 bits per heavy atom. The van der Waals surface area contributed by atoms with E-state index in [0.717, 1.165) is 18.2 Å². The van der Waals surface area contributed by atoms with Crippen LogP contribution in [0.25, 0.3) is 0 Å². The summed E-state index contributed by atoms with van der Waals surface area (Å²) in [6.07, 6.45) is -0.226. The quantitative estimate of drug-likeness (QED) is 0.614. The van der Waals surface area contributed by atoms with E-state index in [-0.39, 0.29) is 18.4 Å². The smallest absolute Gasteiger partial charge is 0.303 e. The van der Waals surface area contributed by atoms with Crippen LogP contribution in [0, 0.1) is 20.2 Å². The van der Waals surface area contributed by atoms with Gasteiger partial charge in [0.2, 0.25) is 0 Å². The van der Waals surface area contributed by atoms with E-state index in [1.807, 2.05) is 0 Å². The number of carboxylic acid groups (broad SMARTS) is 1. The van der Waals surface area contributed by atoms with Crippen molar-refractivity contribution in [2.45, 2.75) is 12.8 Å². The van der Waals surface area contributed by atoms with Gasteiger partial charge in [0.1, 0.15) is 0 Å². The lowest BCUT2D eigenvalue weighted by Crippen LogP contribution is -2.00. The third-order valence-electron chi connectivity index (χ3n) is 2.01. The van der Waals surface area contributed by atoms with Gasteiger partial charge in [0.05, 0.1) is 15.9 Å². The number of carbonyl (C=O) groups is 1. The standard InChI is InChI=1S/C9H8N2O6/c12-9(13)2-1-6-3-7(10(14)15)5-8(4-6)11(16)17/h3-5H,1-2H2,(H,12,13). The molecule has 0 fully saturated rings. The van der Waals surface area contributed by atoms with Crippen molar-refractivity contribution in [2.75, 3.05) is 0 Å². The summed E-state index contributed by atoms with van der Waals surface area (Å²) in [6.45, 7) is 0. The fourth-order valence-electron chi connectivity index (χ4n) is 1.26. The maximum absolute atomic E-state index is 10.5. The minimum Gasteiger partial charge on any atom is -0.481 e. The third-order valence-corrected chi connectivity index (χ3v) is 2.01. The van der Waals surface area contributed by atoms with Crippen LogP contribution < -0.4 is 0 Å². The van der Waals surface area contributed by atoms with Gasteiger partial charge in [-0.25, -0.2) is 0 Å². The van der Waals surface area contributed by atoms with Crippen molar-refractivity contribution in [2.24, 2.45) is 0 Å². The highest BCUT2D eigenvalue weighted by Crippen LogP contribution is 2.23. The van der Waals surface area contributed by atoms with Gasteiger partial charge in [0.15, 0.2) is 0 Å². The zero-order valence-corrected chi connectivity index (χ0v) is 8.53. The van der Waals surface area contributed by atoms with Crippen LogP contribution in [0.15, 0.2) is 18.2 Å². The van der Waals surface area contributed by atoms with Crippen LogP contribution in [-0.2, 0) is 11.2 Å². The van der Waals surface area contributed by atoms with Gasteiger partial charge in [0, 0.05) is 18.6 Å². The minimum absolute atomic E-state index is 0.0118. The van der Waals surface area contributed by atoms with Crippen molar-refractivity contribution in [1.29, 1.82) is 0 Å². The number of nitrogens with zero attached hydrogens (tertiary/aromatic N) is 2. The number of nitro groups is 2. The Morgan fingerprint density at radius 2 is 1.59 bits per heavy atom. The topological polar surface area (TPSA) is 124 Å². The lowest BCUT2D eigenvalue weighted by atomic mass is 10.1. The summed E-state index contributed by atoms with van der Waals surface area (Å²) < 4.78 is 0. The first-order chi connectivity index (χ1) is 7.90. The average molecular weight is 240 g/mol. The number of nitro benzene ring substituents is 2. The first-order valence-corrected chi connectivity index (χ1v) is 4.54. The predicted octanol–water partition coefficient (Wildman–Crippen LogP) is 1.52. The molecule has 0 aliphatic heterocycles. The monoisotopic (exact) mass is 240 g/mol. The lowest BCUT2D eigenvalue weighted by molar-refractivity contribution is -0.394. The molecule has 8 nitrogen and oxygen atoms in total. The second kappa shape index (κ2) is 5.01. The first kappa shape index (κ1) is 12.6. The molecule has 0 heterocycles. The first-order valence-electron chi connectivity index (χ1n) is 4.54. The molecule has 1 aromatic rings. The van der Waals surface area contributed by atoms with Crippen LogP contribution in [0.5, 0.6) is 0 Å². The van der Waals surface area contributed by atoms with E-state index in [1.54, 1.807) is 0 Å². The molecule has 8 heteroatoms. The summed E-state index contributed by atoms with van der Waals surface area (Å²) >= 11 is 0. The third kappa shape index (κ3) is 3.52. The Balaban J connectivity index is 3.08. The predicted molar refractivity (Wildman–Crippen MR) is 55.7 cm³/mol. The highest BCUT2D eigenvalue weighted by atomic mass is 16.6. The van der Waals surface area contributed by atoms with E-state index in [2.05, 4.69) is 0 Å². The molecule has 1 N–H and O–H groups in total. The molecule has 1 aromatic carbocycles. The van der Waals surface area contributed by atoms with Gasteiger partial charge in [-0.3, -0.25) is 25.0 Å². The van der Waals surface area contributed by atoms with Gasteiger partial charge in [-0.2, -0.15) is 0 Å². The average Bonchev–Trinajstić information content (AvgIpc) is 2.25. The molecule has 0 bridgehead atoms. The Hall–Kier alpha value is -2.51. The molecule has 0 aliphatic carbocycles. The molecule has 0 spiro atoms. The van der Waals surface area contributed by atoms with E-state index >= 15 is 0 Å². The molecule has 0 radical (unpaired) electrons. The number of carboxylic acids is 1. The fourth-order valence-corrected chi connectivity index (χ4v) is 1.26. The Kier molecular flexibility index (Phi) is 3.70. The van der Waals surface area contributed by atoms with Crippen molar-refractivity contribution < 1.29 is 19.7 Å². The summed E-state index contributed by atoms with van der Waals surface area (Å²) in [5.41, 5.74) is -0.576. The SMILES string of the molecule is O=C(O)CCc1cc([N+](=O)[O-])cc([N+](=O)[O-])c1. The van der Waals surface area contributed by atoms with Gasteiger partial charge in [0.25, 0.3) is 11.4 Å². The van der Waals surface area contributed by atoms with Gasteiger partial charge in [-0.15, -0.1) is 0 Å². The maximum atomic E-state index is 10.5. The number of aryl methyl sites for hydroxylation is 1. The molecular formula is C9H8N2O6. The van der Waals surface area contributed by atoms with E-state index < -0.39 is 27.2 Å². The highest BCUT2D eigenvalue weighted by molar-refractivity contribution is 5.67. The summed E-state index contributed by atoms with van der Waals surface area (Å²) in [5.74, 6) is -1.07. The number of hydrogen-bond donors (Lipinski definition) is 1. The highest BCUT2D eigenvalue weighted by Gasteiger charge is 2.16. The molecule has 0 saturated heterocycles. The molecule has 0 unspecified atom stereocenters. The Bertz CT molecular complexity index is 452. The summed E-state index contributed by atoms with van der Waals surface area (Å²) in [4.78, 5) is 29.9. The Labute approximate surface area is 94.8 Å². The van der Waals surface area contributed by atoms with Gasteiger partial charge < -0.3 is 5.11 Å². The van der Waals surface area contributed by atoms with Crippen molar-refractivity contribution in [1.82, 2.24) is 0 Å². The fraction of sp³-hybridized carbons (Fsp3) is 0.222. The van der Waals surface area contributed by atoms with Crippen molar-refractivity contribution in [3.63, 3.8) is 0 Å². The van der Waals surface area contributed by atoms with E-state index in [1.165, 1.54) is 0 Å². The van der Waals surface area contributed by atoms with Crippen molar-refractivity contribution >= 4 is 17.3 Å². The molecule has 0 aliphatic rings. The van der Waals surface area contributed by atoms with Crippen LogP contribution in [0.2, 0.25) is 0 Å². The van der Waals surface area contributed by atoms with E-state index in [0.29, 0.717) is 0 Å². The zero-order valence-electron chi connectivity index (χ0n) is 8.53. The number of hydrogen-bond acceptors (Lipinski definition) is 5. The largest absolute Gasteiger partial charge is 0.481 e. The normalized spacial score (nSPS) is 9.88. The van der Waals surface area contributed by atoms with Crippen molar-refractivity contribution in [3.8, 4) is 0 Å². The zero-order chi connectivity index (χ0) is 13.0. The van der Waals surface area contributed by atoms with Gasteiger partial charge >= 0.3 is 5.97 Å². The van der Waals surface area contributed by atoms with Gasteiger partial charge in [-0.1, -0.05) is 0 Å². The van der Waals surface area contributed by atoms with E-state index in [9.17, 15) is 25.0 Å². The molecule has 17 heavy (non-hydrogen) atoms. The number of aliphatic carboxylic acids is 1.